The molecule has 0 bridgehead atoms. The Kier molecular flexibility index (Phi) is 5.10. The zero-order valence-corrected chi connectivity index (χ0v) is 13.3. The molecule has 0 spiro atoms. The van der Waals surface area contributed by atoms with Gasteiger partial charge in [0.15, 0.2) is 0 Å². The lowest BCUT2D eigenvalue weighted by Gasteiger charge is -2.04. The fraction of sp³-hybridized carbons (Fsp3) is 0. The number of benzene rings is 2. The van der Waals surface area contributed by atoms with Crippen LogP contribution in [0, 0.1) is 10.1 Å². The lowest BCUT2D eigenvalue weighted by Crippen LogP contribution is -2.12. The van der Waals surface area contributed by atoms with E-state index in [0.29, 0.717) is 0 Å². The quantitative estimate of drug-likeness (QED) is 0.395. The average Bonchev–Trinajstić information content (AvgIpc) is 2.54. The minimum absolute atomic E-state index is 0.00660. The largest absolute Gasteiger partial charge is 0.478 e. The van der Waals surface area contributed by atoms with E-state index in [-0.39, 0.29) is 16.8 Å². The number of carboxylic acid groups (broad SMARTS) is 1. The Labute approximate surface area is 141 Å². The van der Waals surface area contributed by atoms with Gasteiger partial charge in [0.2, 0.25) is 10.0 Å². The molecule has 0 aromatic heterocycles. The number of carboxylic acids is 1. The molecule has 0 aliphatic heterocycles. The third kappa shape index (κ3) is 4.37. The normalized spacial score (nSPS) is 11.4. The van der Waals surface area contributed by atoms with E-state index >= 15 is 0 Å². The van der Waals surface area contributed by atoms with Crippen molar-refractivity contribution in [1.29, 1.82) is 0 Å². The number of sulfonamides is 1. The molecule has 130 valence electrons. The van der Waals surface area contributed by atoms with Crippen LogP contribution in [-0.2, 0) is 10.0 Å². The molecule has 0 amide bonds. The van der Waals surface area contributed by atoms with E-state index in [1.807, 2.05) is 0 Å². The van der Waals surface area contributed by atoms with Gasteiger partial charge in [0.05, 0.1) is 21.6 Å². The van der Waals surface area contributed by atoms with E-state index in [2.05, 4.69) is 10.5 Å². The molecule has 2 aromatic carbocycles. The topological polar surface area (TPSA) is 165 Å². The molecular weight excluding hydrogens is 352 g/mol. The molecule has 10 nitrogen and oxygen atoms in total. The van der Waals surface area contributed by atoms with Crippen LogP contribution in [0.25, 0.3) is 0 Å². The van der Waals surface area contributed by atoms with Gasteiger partial charge in [0.25, 0.3) is 5.69 Å². The Balaban J connectivity index is 2.32. The summed E-state index contributed by atoms with van der Waals surface area (Å²) in [6.45, 7) is 0. The molecule has 0 saturated heterocycles. The number of anilines is 1. The van der Waals surface area contributed by atoms with Gasteiger partial charge in [0, 0.05) is 11.6 Å². The molecule has 0 fully saturated rings. The van der Waals surface area contributed by atoms with Crippen molar-refractivity contribution in [3.63, 3.8) is 0 Å². The number of aromatic carboxylic acids is 1. The summed E-state index contributed by atoms with van der Waals surface area (Å²) in [6.07, 6.45) is 1.18. The highest BCUT2D eigenvalue weighted by Gasteiger charge is 2.18. The van der Waals surface area contributed by atoms with Crippen molar-refractivity contribution < 1.29 is 23.2 Å². The molecule has 0 aliphatic rings. The molecule has 0 radical (unpaired) electrons. The maximum atomic E-state index is 11.3. The Morgan fingerprint density at radius 1 is 1.28 bits per heavy atom. The lowest BCUT2D eigenvalue weighted by atomic mass is 10.1. The van der Waals surface area contributed by atoms with Gasteiger partial charge >= 0.3 is 5.97 Å². The molecule has 2 aromatic rings. The molecule has 0 saturated carbocycles. The number of nitrogens with one attached hydrogen (secondary N) is 1. The molecule has 2 rings (SSSR count). The molecule has 4 N–H and O–H groups in total. The van der Waals surface area contributed by atoms with E-state index in [4.69, 9.17) is 10.2 Å². The summed E-state index contributed by atoms with van der Waals surface area (Å²) >= 11 is 0. The first-order valence-corrected chi connectivity index (χ1v) is 8.17. The predicted octanol–water partition coefficient (Wildman–Crippen LogP) is 1.39. The van der Waals surface area contributed by atoms with E-state index < -0.39 is 31.5 Å². The zero-order chi connectivity index (χ0) is 18.6. The van der Waals surface area contributed by atoms with Crippen LogP contribution >= 0.6 is 0 Å². The molecule has 11 heteroatoms. The summed E-state index contributed by atoms with van der Waals surface area (Å²) in [5.41, 5.74) is 2.05. The van der Waals surface area contributed by atoms with Gasteiger partial charge in [-0.25, -0.2) is 18.4 Å². The smallest absolute Gasteiger partial charge is 0.336 e. The van der Waals surface area contributed by atoms with E-state index in [1.54, 1.807) is 12.1 Å². The maximum absolute atomic E-state index is 11.3. The molecule has 0 atom stereocenters. The van der Waals surface area contributed by atoms with Crippen molar-refractivity contribution in [2.75, 3.05) is 5.43 Å². The second-order valence-corrected chi connectivity index (χ2v) is 6.30. The van der Waals surface area contributed by atoms with Gasteiger partial charge in [-0.05, 0) is 18.2 Å². The average molecular weight is 364 g/mol. The number of hydrogen-bond acceptors (Lipinski definition) is 7. The van der Waals surface area contributed by atoms with Crippen LogP contribution in [0.4, 0.5) is 11.4 Å². The van der Waals surface area contributed by atoms with Gasteiger partial charge in [-0.1, -0.05) is 18.2 Å². The van der Waals surface area contributed by atoms with Gasteiger partial charge in [-0.2, -0.15) is 5.10 Å². The molecule has 0 aliphatic carbocycles. The fourth-order valence-corrected chi connectivity index (χ4v) is 2.44. The second kappa shape index (κ2) is 7.07. The van der Waals surface area contributed by atoms with Crippen LogP contribution in [0.5, 0.6) is 0 Å². The van der Waals surface area contributed by atoms with Crippen molar-refractivity contribution in [2.45, 2.75) is 4.90 Å². The summed E-state index contributed by atoms with van der Waals surface area (Å²) in [5.74, 6) is -1.15. The number of primary sulfonamides is 1. The monoisotopic (exact) mass is 364 g/mol. The Bertz CT molecular complexity index is 971. The predicted molar refractivity (Wildman–Crippen MR) is 89.1 cm³/mol. The Hall–Kier alpha value is -3.31. The first-order valence-electron chi connectivity index (χ1n) is 6.63. The Morgan fingerprint density at radius 3 is 2.56 bits per heavy atom. The van der Waals surface area contributed by atoms with Gasteiger partial charge in [0.1, 0.15) is 5.69 Å². The molecule has 25 heavy (non-hydrogen) atoms. The first-order chi connectivity index (χ1) is 11.7. The number of rotatable bonds is 6. The third-order valence-corrected chi connectivity index (χ3v) is 3.99. The van der Waals surface area contributed by atoms with Crippen LogP contribution < -0.4 is 10.6 Å². The summed E-state index contributed by atoms with van der Waals surface area (Å²) < 4.78 is 22.5. The summed E-state index contributed by atoms with van der Waals surface area (Å²) in [7, 11) is -4.09. The number of nitro groups is 1. The highest BCUT2D eigenvalue weighted by Crippen LogP contribution is 2.27. The number of nitrogens with two attached hydrogens (primary N) is 1. The maximum Gasteiger partial charge on any atom is 0.336 e. The van der Waals surface area contributed by atoms with Crippen molar-refractivity contribution in [3.8, 4) is 0 Å². The van der Waals surface area contributed by atoms with E-state index in [9.17, 15) is 23.3 Å². The van der Waals surface area contributed by atoms with Gasteiger partial charge in [-0.3, -0.25) is 15.5 Å². The molecule has 0 unspecified atom stereocenters. The van der Waals surface area contributed by atoms with Crippen LogP contribution in [0.2, 0.25) is 0 Å². The number of hydrogen-bond donors (Lipinski definition) is 3. The fourth-order valence-electron chi connectivity index (χ4n) is 1.91. The number of carbonyl (C=O) groups is 1. The SMILES string of the molecule is NS(=O)(=O)c1ccc(N/N=C/c2ccccc2C(=O)O)c([N+](=O)[O-])c1. The van der Waals surface area contributed by atoms with Crippen molar-refractivity contribution >= 4 is 33.6 Å². The lowest BCUT2D eigenvalue weighted by molar-refractivity contribution is -0.384. The zero-order valence-electron chi connectivity index (χ0n) is 12.5. The van der Waals surface area contributed by atoms with Crippen molar-refractivity contribution in [3.05, 3.63) is 63.7 Å². The minimum atomic E-state index is -4.09. The standard InChI is InChI=1S/C14H12N4O6S/c15-25(23,24)10-5-6-12(13(7-10)18(21)22)17-16-8-9-3-1-2-4-11(9)14(19)20/h1-8,17H,(H,19,20)(H2,15,23,24)/b16-8+. The minimum Gasteiger partial charge on any atom is -0.478 e. The molecular formula is C14H12N4O6S. The van der Waals surface area contributed by atoms with Crippen LogP contribution in [0.1, 0.15) is 15.9 Å². The number of hydrazone groups is 1. The number of nitrogens with zero attached hydrogens (tertiary/aromatic N) is 2. The van der Waals surface area contributed by atoms with E-state index in [1.165, 1.54) is 18.3 Å². The summed E-state index contributed by atoms with van der Waals surface area (Å²) in [6, 6.07) is 9.07. The second-order valence-electron chi connectivity index (χ2n) is 4.74. The highest BCUT2D eigenvalue weighted by molar-refractivity contribution is 7.89. The first kappa shape index (κ1) is 18.0. The van der Waals surface area contributed by atoms with Crippen molar-refractivity contribution in [2.24, 2.45) is 10.2 Å². The summed E-state index contributed by atoms with van der Waals surface area (Å²) in [5, 5.41) is 28.9. The summed E-state index contributed by atoms with van der Waals surface area (Å²) in [4.78, 5) is 21.0. The number of nitro benzene ring substituents is 1. The third-order valence-electron chi connectivity index (χ3n) is 3.07. The Morgan fingerprint density at radius 2 is 1.96 bits per heavy atom. The van der Waals surface area contributed by atoms with Gasteiger partial charge < -0.3 is 5.11 Å². The van der Waals surface area contributed by atoms with E-state index in [0.717, 1.165) is 18.2 Å². The van der Waals surface area contributed by atoms with Crippen LogP contribution in [-0.4, -0.2) is 30.6 Å². The van der Waals surface area contributed by atoms with Crippen LogP contribution in [0.15, 0.2) is 52.5 Å². The highest BCUT2D eigenvalue weighted by atomic mass is 32.2. The van der Waals surface area contributed by atoms with Crippen molar-refractivity contribution in [1.82, 2.24) is 0 Å². The van der Waals surface area contributed by atoms with Gasteiger partial charge in [-0.15, -0.1) is 0 Å². The van der Waals surface area contributed by atoms with Crippen LogP contribution in [0.3, 0.4) is 0 Å². The molecule has 0 heterocycles.